The van der Waals surface area contributed by atoms with Crippen LogP contribution in [-0.4, -0.2) is 68.6 Å². The maximum Gasteiger partial charge on any atom is 0.416 e. The van der Waals surface area contributed by atoms with Crippen LogP contribution in [0.15, 0.2) is 53.8 Å². The first-order chi connectivity index (χ1) is 23.3. The zero-order valence-corrected chi connectivity index (χ0v) is 26.7. The van der Waals surface area contributed by atoms with Gasteiger partial charge in [0, 0.05) is 32.5 Å². The number of alkyl halides is 3. The lowest BCUT2D eigenvalue weighted by Gasteiger charge is -2.39. The van der Waals surface area contributed by atoms with Gasteiger partial charge in [-0.2, -0.15) is 22.7 Å². The van der Waals surface area contributed by atoms with Crippen LogP contribution in [0.3, 0.4) is 0 Å². The second kappa shape index (κ2) is 11.7. The lowest BCUT2D eigenvalue weighted by Crippen LogP contribution is -2.47. The third-order valence-corrected chi connectivity index (χ3v) is 8.99. The summed E-state index contributed by atoms with van der Waals surface area (Å²) in [5.41, 5.74) is -1.79. The molecule has 0 aliphatic carbocycles. The molecular weight excluding hydrogens is 671 g/mol. The number of benzene rings is 1. The van der Waals surface area contributed by atoms with Gasteiger partial charge in [-0.25, -0.2) is 9.97 Å². The Balaban J connectivity index is 1.27. The predicted molar refractivity (Wildman–Crippen MR) is 167 cm³/mol. The number of carbonyl (C=O) groups excluding carboxylic acids is 2. The lowest BCUT2D eigenvalue weighted by molar-refractivity contribution is -0.137. The molecule has 4 aromatic heterocycles. The molecule has 14 nitrogen and oxygen atoms in total. The number of carbonyl (C=O) groups is 2. The number of imidazole rings is 1. The number of nitrogens with zero attached hydrogens (tertiary/aromatic N) is 8. The van der Waals surface area contributed by atoms with E-state index in [4.69, 9.17) is 16.3 Å². The van der Waals surface area contributed by atoms with Gasteiger partial charge in [0.2, 0.25) is 17.5 Å². The number of hydrogen-bond acceptors (Lipinski definition) is 9. The summed E-state index contributed by atoms with van der Waals surface area (Å²) >= 11 is 6.10. The molecule has 49 heavy (non-hydrogen) atoms. The fourth-order valence-electron chi connectivity index (χ4n) is 6.45. The van der Waals surface area contributed by atoms with Crippen molar-refractivity contribution in [3.63, 3.8) is 0 Å². The normalized spacial score (nSPS) is 17.1. The summed E-state index contributed by atoms with van der Waals surface area (Å²) in [7, 11) is 1.76. The third kappa shape index (κ3) is 5.57. The number of piperidine rings is 1. The standard InChI is InChI=1S/C31H27ClF3N9O5/c1-16-25-23(30(49-16)7-10-42(11-8-30)28(48)24-21(45)4-3-9-36-24)27(47)44-29(39-26(40-44)20-13-41(2)15-37-20)43(25)14-22(46)38-19-6-5-17(12-18(19)32)31(33,34)35/h3-6,9,12-13,15-16,45H,7-8,10-11,14H2,1-2H3,(H,38,46)/t16-/m1/s1. The lowest BCUT2D eigenvalue weighted by atomic mass is 9.85. The summed E-state index contributed by atoms with van der Waals surface area (Å²) < 4.78 is 50.3. The van der Waals surface area contributed by atoms with Crippen molar-refractivity contribution in [3.05, 3.63) is 86.9 Å². The van der Waals surface area contributed by atoms with Crippen molar-refractivity contribution in [2.45, 2.75) is 44.2 Å². The Morgan fingerprint density at radius 1 is 1.18 bits per heavy atom. The summed E-state index contributed by atoms with van der Waals surface area (Å²) in [6.07, 6.45) is -0.312. The van der Waals surface area contributed by atoms with E-state index >= 15 is 0 Å². The number of aromatic nitrogens is 7. The predicted octanol–water partition coefficient (Wildman–Crippen LogP) is 3.93. The minimum Gasteiger partial charge on any atom is -0.505 e. The molecule has 1 saturated heterocycles. The highest BCUT2D eigenvalue weighted by molar-refractivity contribution is 6.33. The van der Waals surface area contributed by atoms with E-state index in [1.54, 1.807) is 31.1 Å². The molecule has 2 aliphatic rings. The first kappa shape index (κ1) is 32.3. The molecular formula is C31H27ClF3N9O5. The molecule has 1 fully saturated rings. The van der Waals surface area contributed by atoms with Crippen molar-refractivity contribution in [3.8, 4) is 17.3 Å². The number of pyridine rings is 1. The van der Waals surface area contributed by atoms with Crippen LogP contribution in [0.4, 0.5) is 18.9 Å². The quantitative estimate of drug-likeness (QED) is 0.277. The molecule has 5 aromatic rings. The minimum absolute atomic E-state index is 0.0174. The van der Waals surface area contributed by atoms with Crippen LogP contribution in [0, 0.1) is 0 Å². The van der Waals surface area contributed by atoms with Crippen LogP contribution in [0.1, 0.15) is 53.2 Å². The van der Waals surface area contributed by atoms with Crippen LogP contribution in [0.5, 0.6) is 5.75 Å². The molecule has 0 bridgehead atoms. The van der Waals surface area contributed by atoms with E-state index < -0.39 is 47.4 Å². The van der Waals surface area contributed by atoms with Crippen molar-refractivity contribution in [1.82, 2.24) is 38.6 Å². The number of aryl methyl sites for hydroxylation is 1. The molecule has 6 heterocycles. The Morgan fingerprint density at radius 2 is 1.94 bits per heavy atom. The number of amides is 2. The number of hydrogen-bond donors (Lipinski definition) is 2. The zero-order valence-electron chi connectivity index (χ0n) is 25.9. The fraction of sp³-hybridized carbons (Fsp3) is 0.323. The number of ether oxygens (including phenoxy) is 1. The number of aromatic hydroxyl groups is 1. The van der Waals surface area contributed by atoms with Gasteiger partial charge in [0.15, 0.2) is 5.69 Å². The first-order valence-corrected chi connectivity index (χ1v) is 15.4. The monoisotopic (exact) mass is 697 g/mol. The molecule has 254 valence electrons. The van der Waals surface area contributed by atoms with E-state index in [0.29, 0.717) is 11.4 Å². The molecule has 2 N–H and O–H groups in total. The average molecular weight is 698 g/mol. The van der Waals surface area contributed by atoms with Gasteiger partial charge >= 0.3 is 6.18 Å². The topological polar surface area (TPSA) is 162 Å². The number of halogens is 4. The summed E-state index contributed by atoms with van der Waals surface area (Å²) in [5.74, 6) is -1.24. The highest BCUT2D eigenvalue weighted by Crippen LogP contribution is 2.48. The van der Waals surface area contributed by atoms with Gasteiger partial charge in [-0.05, 0) is 50.1 Å². The maximum absolute atomic E-state index is 14.3. The number of anilines is 1. The summed E-state index contributed by atoms with van der Waals surface area (Å²) in [4.78, 5) is 55.3. The second-order valence-corrected chi connectivity index (χ2v) is 12.3. The SMILES string of the molecule is C[C@H]1OC2(CCN(C(=O)c3ncccc3O)CC2)c2c1n(CC(=O)Nc1ccc(C(F)(F)F)cc1Cl)c1nc(-c3cn(C)cn3)nn1c2=O. The summed E-state index contributed by atoms with van der Waals surface area (Å²) in [6.45, 7) is 1.63. The molecule has 1 aromatic carbocycles. The van der Waals surface area contributed by atoms with Gasteiger partial charge in [-0.15, -0.1) is 5.10 Å². The molecule has 0 unspecified atom stereocenters. The Bertz CT molecular complexity index is 2200. The van der Waals surface area contributed by atoms with Gasteiger partial charge in [-0.1, -0.05) is 11.6 Å². The van der Waals surface area contributed by atoms with Crippen molar-refractivity contribution >= 4 is 34.9 Å². The molecule has 0 saturated carbocycles. The average Bonchev–Trinajstić information content (AvgIpc) is 3.76. The van der Waals surface area contributed by atoms with Crippen LogP contribution >= 0.6 is 11.6 Å². The second-order valence-electron chi connectivity index (χ2n) is 11.9. The molecule has 2 amide bonds. The summed E-state index contributed by atoms with van der Waals surface area (Å²) in [6, 6.07) is 5.47. The number of likely N-dealkylation sites (tertiary alicyclic amines) is 1. The Hall–Kier alpha value is -5.29. The van der Waals surface area contributed by atoms with Gasteiger partial charge in [0.05, 0.1) is 40.0 Å². The summed E-state index contributed by atoms with van der Waals surface area (Å²) in [5, 5.41) is 16.9. The number of rotatable bonds is 5. The van der Waals surface area contributed by atoms with E-state index in [9.17, 15) is 32.7 Å². The molecule has 1 atom stereocenters. The van der Waals surface area contributed by atoms with Gasteiger partial charge in [0.1, 0.15) is 23.6 Å². The van der Waals surface area contributed by atoms with Gasteiger partial charge in [-0.3, -0.25) is 14.4 Å². The van der Waals surface area contributed by atoms with E-state index in [1.165, 1.54) is 27.8 Å². The third-order valence-electron chi connectivity index (χ3n) is 8.68. The fourth-order valence-corrected chi connectivity index (χ4v) is 6.67. The Morgan fingerprint density at radius 3 is 2.59 bits per heavy atom. The van der Waals surface area contributed by atoms with E-state index in [-0.39, 0.29) is 65.3 Å². The maximum atomic E-state index is 14.3. The highest BCUT2D eigenvalue weighted by Gasteiger charge is 2.50. The van der Waals surface area contributed by atoms with E-state index in [1.807, 2.05) is 0 Å². The van der Waals surface area contributed by atoms with Crippen LogP contribution in [0.2, 0.25) is 5.02 Å². The zero-order chi connectivity index (χ0) is 34.8. The molecule has 0 radical (unpaired) electrons. The first-order valence-electron chi connectivity index (χ1n) is 15.1. The van der Waals surface area contributed by atoms with Gasteiger partial charge < -0.3 is 29.2 Å². The molecule has 1 spiro atoms. The van der Waals surface area contributed by atoms with Crippen LogP contribution in [0.25, 0.3) is 17.3 Å². The van der Waals surface area contributed by atoms with E-state index in [0.717, 1.165) is 22.7 Å². The number of fused-ring (bicyclic) bond motifs is 3. The van der Waals surface area contributed by atoms with E-state index in [2.05, 4.69) is 25.4 Å². The molecule has 18 heteroatoms. The van der Waals surface area contributed by atoms with Crippen molar-refractivity contribution in [2.75, 3.05) is 18.4 Å². The minimum atomic E-state index is -4.62. The number of nitrogens with one attached hydrogen (secondary N) is 1. The Kier molecular flexibility index (Phi) is 7.70. The van der Waals surface area contributed by atoms with Crippen LogP contribution < -0.4 is 10.9 Å². The van der Waals surface area contributed by atoms with Crippen molar-refractivity contribution in [1.29, 1.82) is 0 Å². The smallest absolute Gasteiger partial charge is 0.416 e. The van der Waals surface area contributed by atoms with Crippen molar-refractivity contribution < 1.29 is 32.6 Å². The van der Waals surface area contributed by atoms with Crippen LogP contribution in [-0.2, 0) is 34.9 Å². The molecule has 7 rings (SSSR count). The molecule has 2 aliphatic heterocycles. The largest absolute Gasteiger partial charge is 0.505 e. The highest BCUT2D eigenvalue weighted by atomic mass is 35.5. The van der Waals surface area contributed by atoms with Crippen molar-refractivity contribution in [2.24, 2.45) is 7.05 Å². The van der Waals surface area contributed by atoms with Gasteiger partial charge in [0.25, 0.3) is 11.5 Å². The Labute approximate surface area is 279 Å².